The van der Waals surface area contributed by atoms with Gasteiger partial charge in [0.2, 0.25) is 10.0 Å². The lowest BCUT2D eigenvalue weighted by molar-refractivity contribution is -0.0288. The quantitative estimate of drug-likeness (QED) is 0.594. The molecule has 0 aliphatic carbocycles. The first-order valence-corrected chi connectivity index (χ1v) is 12.2. The average Bonchev–Trinajstić information content (AvgIpc) is 3.19. The number of nitrogens with zero attached hydrogens (tertiary/aromatic N) is 1. The van der Waals surface area contributed by atoms with Crippen molar-refractivity contribution < 1.29 is 23.1 Å². The number of hydrogen-bond donors (Lipinski definition) is 1. The number of benzene rings is 2. The molecule has 1 aliphatic heterocycles. The Hall–Kier alpha value is -2.06. The molecular weight excluding hydrogens is 414 g/mol. The molecule has 1 heterocycles. The highest BCUT2D eigenvalue weighted by atomic mass is 32.2. The highest BCUT2D eigenvalue weighted by Gasteiger charge is 2.50. The van der Waals surface area contributed by atoms with E-state index in [2.05, 4.69) is 0 Å². The van der Waals surface area contributed by atoms with Gasteiger partial charge in [0.05, 0.1) is 29.6 Å². The van der Waals surface area contributed by atoms with Crippen LogP contribution in [0.15, 0.2) is 59.5 Å². The lowest BCUT2D eigenvalue weighted by Crippen LogP contribution is -2.50. The number of rotatable bonds is 9. The molecule has 6 nitrogen and oxygen atoms in total. The van der Waals surface area contributed by atoms with Crippen LogP contribution in [0.5, 0.6) is 0 Å². The Balaban J connectivity index is 2.06. The fourth-order valence-corrected chi connectivity index (χ4v) is 5.84. The summed E-state index contributed by atoms with van der Waals surface area (Å²) >= 11 is 0. The third kappa shape index (κ3) is 4.90. The normalized spacial score (nSPS) is 21.7. The molecule has 1 saturated heterocycles. The first-order chi connectivity index (χ1) is 14.8. The van der Waals surface area contributed by atoms with Gasteiger partial charge < -0.3 is 9.84 Å². The van der Waals surface area contributed by atoms with Gasteiger partial charge >= 0.3 is 0 Å². The zero-order valence-electron chi connectivity index (χ0n) is 18.3. The number of sulfonamides is 1. The van der Waals surface area contributed by atoms with Gasteiger partial charge in [-0.3, -0.25) is 4.79 Å². The van der Waals surface area contributed by atoms with Crippen molar-refractivity contribution in [3.63, 3.8) is 0 Å². The van der Waals surface area contributed by atoms with Gasteiger partial charge in [-0.1, -0.05) is 68.3 Å². The van der Waals surface area contributed by atoms with Crippen molar-refractivity contribution in [1.29, 1.82) is 0 Å². The summed E-state index contributed by atoms with van der Waals surface area (Å²) in [7, 11) is -3.93. The van der Waals surface area contributed by atoms with Crippen molar-refractivity contribution >= 4 is 15.8 Å². The first-order valence-electron chi connectivity index (χ1n) is 10.8. The fourth-order valence-electron chi connectivity index (χ4n) is 4.05. The van der Waals surface area contributed by atoms with Crippen molar-refractivity contribution in [3.8, 4) is 0 Å². The van der Waals surface area contributed by atoms with Crippen LogP contribution in [0.1, 0.15) is 49.0 Å². The van der Waals surface area contributed by atoms with Crippen molar-refractivity contribution in [1.82, 2.24) is 4.31 Å². The van der Waals surface area contributed by atoms with Gasteiger partial charge in [0.15, 0.2) is 5.78 Å². The van der Waals surface area contributed by atoms with E-state index in [1.54, 1.807) is 48.5 Å². The van der Waals surface area contributed by atoms with Crippen LogP contribution in [-0.2, 0) is 14.8 Å². The number of ketones is 1. The van der Waals surface area contributed by atoms with Crippen LogP contribution in [0.2, 0.25) is 0 Å². The highest BCUT2D eigenvalue weighted by molar-refractivity contribution is 7.89. The lowest BCUT2D eigenvalue weighted by Gasteiger charge is -2.33. The Labute approximate surface area is 184 Å². The number of ether oxygens (including phenoxy) is 1. The minimum Gasteiger partial charge on any atom is -0.392 e. The molecule has 1 aliphatic rings. The van der Waals surface area contributed by atoms with Gasteiger partial charge in [0.1, 0.15) is 6.23 Å². The second-order valence-electron chi connectivity index (χ2n) is 8.05. The lowest BCUT2D eigenvalue weighted by atomic mass is 9.88. The molecule has 1 N–H and O–H groups in total. The summed E-state index contributed by atoms with van der Waals surface area (Å²) in [6.45, 7) is 5.88. The Bertz CT molecular complexity index is 975. The van der Waals surface area contributed by atoms with E-state index in [9.17, 15) is 18.3 Å². The van der Waals surface area contributed by atoms with Gasteiger partial charge in [-0.05, 0) is 31.9 Å². The smallest absolute Gasteiger partial charge is 0.245 e. The van der Waals surface area contributed by atoms with Gasteiger partial charge in [0, 0.05) is 5.56 Å². The zero-order chi connectivity index (χ0) is 22.6. The van der Waals surface area contributed by atoms with E-state index in [0.717, 1.165) is 5.56 Å². The summed E-state index contributed by atoms with van der Waals surface area (Å²) in [4.78, 5) is 13.6. The Morgan fingerprint density at radius 2 is 1.77 bits per heavy atom. The van der Waals surface area contributed by atoms with Crippen LogP contribution >= 0.6 is 0 Å². The molecular formula is C24H31NO5S. The predicted octanol–water partition coefficient (Wildman–Crippen LogP) is 3.78. The van der Waals surface area contributed by atoms with Crippen molar-refractivity contribution in [2.45, 2.75) is 63.3 Å². The monoisotopic (exact) mass is 445 g/mol. The van der Waals surface area contributed by atoms with E-state index < -0.39 is 34.3 Å². The van der Waals surface area contributed by atoms with Crippen LogP contribution in [0.25, 0.3) is 0 Å². The van der Waals surface area contributed by atoms with E-state index >= 15 is 0 Å². The summed E-state index contributed by atoms with van der Waals surface area (Å²) in [5.41, 5.74) is 1.38. The highest BCUT2D eigenvalue weighted by Crippen LogP contribution is 2.35. The van der Waals surface area contributed by atoms with Crippen LogP contribution in [-0.4, -0.2) is 48.6 Å². The van der Waals surface area contributed by atoms with E-state index in [1.165, 1.54) is 4.31 Å². The van der Waals surface area contributed by atoms with Crippen molar-refractivity contribution in [2.75, 3.05) is 6.61 Å². The van der Waals surface area contributed by atoms with Crippen molar-refractivity contribution in [2.24, 2.45) is 5.92 Å². The molecule has 31 heavy (non-hydrogen) atoms. The minimum atomic E-state index is -3.93. The molecule has 168 valence electrons. The molecule has 0 saturated carbocycles. The van der Waals surface area contributed by atoms with Crippen LogP contribution in [0, 0.1) is 12.8 Å². The maximum atomic E-state index is 13.6. The van der Waals surface area contributed by atoms with Gasteiger partial charge in [-0.25, -0.2) is 8.42 Å². The number of aliphatic hydroxyl groups excluding tert-OH is 1. The summed E-state index contributed by atoms with van der Waals surface area (Å²) < 4.78 is 34.5. The minimum absolute atomic E-state index is 0.156. The number of carbonyl (C=O) groups is 1. The molecule has 0 unspecified atom stereocenters. The Kier molecular flexibility index (Phi) is 7.64. The fraction of sp³-hybridized carbons (Fsp3) is 0.458. The molecule has 0 amide bonds. The number of aliphatic hydroxyl groups is 1. The molecule has 1 fully saturated rings. The molecule has 0 bridgehead atoms. The third-order valence-corrected chi connectivity index (χ3v) is 7.73. The average molecular weight is 446 g/mol. The van der Waals surface area contributed by atoms with E-state index in [0.29, 0.717) is 24.8 Å². The van der Waals surface area contributed by atoms with E-state index in [-0.39, 0.29) is 17.3 Å². The molecule has 7 heteroatoms. The Morgan fingerprint density at radius 1 is 1.13 bits per heavy atom. The molecule has 4 atom stereocenters. The standard InChI is InChI=1S/C24H31NO5S/c1-4-9-21(26)22(23(27)18-10-7-6-8-11-18)24-25(19(5-2)16-30-24)31(28,29)20-14-12-17(3)13-15-20/h6-8,10-15,19,21-22,24,26H,4-5,9,16H2,1-3H3/t19-,21+,22+,24-/m1/s1. The van der Waals surface area contributed by atoms with Crippen LogP contribution < -0.4 is 0 Å². The molecule has 0 aromatic heterocycles. The summed E-state index contributed by atoms with van der Waals surface area (Å²) in [5.74, 6) is -1.33. The Morgan fingerprint density at radius 3 is 2.35 bits per heavy atom. The largest absolute Gasteiger partial charge is 0.392 e. The summed E-state index contributed by atoms with van der Waals surface area (Å²) in [6.07, 6.45) is -0.510. The second-order valence-corrected chi connectivity index (χ2v) is 9.89. The number of hydrogen-bond acceptors (Lipinski definition) is 5. The summed E-state index contributed by atoms with van der Waals surface area (Å²) in [6, 6.07) is 14.9. The molecule has 0 spiro atoms. The third-order valence-electron chi connectivity index (χ3n) is 5.80. The number of carbonyl (C=O) groups excluding carboxylic acids is 1. The van der Waals surface area contributed by atoms with Gasteiger partial charge in [-0.2, -0.15) is 4.31 Å². The first kappa shape index (κ1) is 23.6. The second kappa shape index (κ2) is 10.0. The molecule has 0 radical (unpaired) electrons. The van der Waals surface area contributed by atoms with E-state index in [4.69, 9.17) is 4.74 Å². The number of aryl methyl sites for hydroxylation is 1. The predicted molar refractivity (Wildman–Crippen MR) is 119 cm³/mol. The van der Waals surface area contributed by atoms with Crippen LogP contribution in [0.3, 0.4) is 0 Å². The van der Waals surface area contributed by atoms with Crippen molar-refractivity contribution in [3.05, 3.63) is 65.7 Å². The maximum absolute atomic E-state index is 13.6. The van der Waals surface area contributed by atoms with Gasteiger partial charge in [0.25, 0.3) is 0 Å². The zero-order valence-corrected chi connectivity index (χ0v) is 19.1. The SMILES string of the molecule is CCC[C@H](O)[C@@H](C(=O)c1ccccc1)[C@H]1OC[C@@H](CC)N1S(=O)(=O)c1ccc(C)cc1. The van der Waals surface area contributed by atoms with E-state index in [1.807, 2.05) is 26.8 Å². The molecule has 2 aromatic carbocycles. The summed E-state index contributed by atoms with van der Waals surface area (Å²) in [5, 5.41) is 10.9. The molecule has 2 aromatic rings. The van der Waals surface area contributed by atoms with Crippen LogP contribution in [0.4, 0.5) is 0 Å². The van der Waals surface area contributed by atoms with Gasteiger partial charge in [-0.15, -0.1) is 0 Å². The topological polar surface area (TPSA) is 83.9 Å². The molecule has 3 rings (SSSR count). The maximum Gasteiger partial charge on any atom is 0.245 e. The number of Topliss-reactive ketones (excluding diaryl/α,β-unsaturated/α-hetero) is 1.